The summed E-state index contributed by atoms with van der Waals surface area (Å²) in [6, 6.07) is 5.97. The number of carbonyl (C=O) groups excluding carboxylic acids is 8. The van der Waals surface area contributed by atoms with Crippen molar-refractivity contribution in [3.8, 4) is 62.9 Å². The number of ether oxygens (including phenoxy) is 7. The van der Waals surface area contributed by atoms with E-state index in [9.17, 15) is 79.8 Å². The van der Waals surface area contributed by atoms with Crippen molar-refractivity contribution < 1.29 is 127 Å². The smallest absolute Gasteiger partial charge is 0.330 e. The van der Waals surface area contributed by atoms with Crippen LogP contribution in [-0.4, -0.2) is 203 Å². The van der Waals surface area contributed by atoms with Gasteiger partial charge < -0.3 is 138 Å². The van der Waals surface area contributed by atoms with E-state index in [4.69, 9.17) is 67.8 Å². The molecule has 11 bridgehead atoms. The Morgan fingerprint density at radius 2 is 1.31 bits per heavy atom. The minimum atomic E-state index is -2.39. The van der Waals surface area contributed by atoms with Crippen LogP contribution in [-0.2, 0) is 63.9 Å². The molecule has 0 radical (unpaired) electrons. The maximum Gasteiger partial charge on any atom is 0.330 e. The molecule has 2 fully saturated rings. The highest BCUT2D eigenvalue weighted by molar-refractivity contribution is 6.32. The van der Waals surface area contributed by atoms with E-state index in [2.05, 4.69) is 49.5 Å². The molecule has 0 aromatic heterocycles. The monoisotopic (exact) mass is 1710 g/mol. The van der Waals surface area contributed by atoms with E-state index in [-0.39, 0.29) is 54.3 Å². The normalized spacial score (nSPS) is 26.5. The van der Waals surface area contributed by atoms with E-state index >= 15 is 14.4 Å². The Hall–Kier alpha value is -10.7. The second-order valence-electron chi connectivity index (χ2n) is 30.8. The van der Waals surface area contributed by atoms with E-state index in [1.54, 1.807) is 13.8 Å². The van der Waals surface area contributed by atoms with Crippen molar-refractivity contribution in [2.45, 2.75) is 208 Å². The van der Waals surface area contributed by atoms with Crippen molar-refractivity contribution in [1.82, 2.24) is 42.5 Å². The number of benzene rings is 6. The van der Waals surface area contributed by atoms with E-state index in [1.807, 2.05) is 24.3 Å². The van der Waals surface area contributed by atoms with Crippen LogP contribution < -0.4 is 72.9 Å². The zero-order valence-electron chi connectivity index (χ0n) is 65.8. The first-order valence-electron chi connectivity index (χ1n) is 39.0. The Bertz CT molecular complexity index is 4800. The second kappa shape index (κ2) is 39.2. The van der Waals surface area contributed by atoms with Gasteiger partial charge in [0.25, 0.3) is 0 Å². The first-order valence-corrected chi connectivity index (χ1v) is 39.8. The molecule has 7 aliphatic rings. The molecule has 0 aliphatic carbocycles. The number of aliphatic hydroxyl groups is 6. The standard InChI is InChI=1S/C82H98Cl2N10O26/c1-6-7-8-9-10-11-22-114-44-17-12-38(13-18-44)33-87-34-59(100)94-82(5)32-60(115-37(4)73(82)105)119-72-70(104)69(103)57(35-95)118-81(72)120-71-55-27-42-28-56(71)117-54-21-16-41(26-48(54)84)68(102)66-79(111)91-64(80(112)113)46-29-43(96)30-52(98)61(46)45-24-39(14-19-51(45)97)62(76(108)93-66)90-77(109)63(42)89-75(107)50(31-58(86)99)88-78(110)65(92-74(106)49(85)23-36(2)3)67(101)40-15-20-53(116-55)47(83)25-40/h12-21,24-30,36-37,49-50,57,60,62-70,72-73,81,87,95-98,101-105H,6-11,22-23,31-35,85H2,1-5H3,(H2,86,99)(H,88,110)(H,89,107)(H,90,109)(H,91,111)(H,92,106)(H,93,108)(H,94,100)(H,112,113)/t37-,49-,50-,57+,60-,62+,63+,64-,65+,66?,67+,68+,69+,70-,72?,73+,81?,82-/m0/s1. The third kappa shape index (κ3) is 21.2. The number of fused-ring (bicyclic) bond motifs is 15. The van der Waals surface area contributed by atoms with Gasteiger partial charge >= 0.3 is 5.97 Å². The molecule has 13 rings (SSSR count). The molecule has 36 nitrogen and oxygen atoms in total. The lowest BCUT2D eigenvalue weighted by Crippen LogP contribution is -2.66. The number of aromatic hydroxyl groups is 3. The fourth-order valence-electron chi connectivity index (χ4n) is 14.8. The topological polar surface area (TPSA) is 569 Å². The van der Waals surface area contributed by atoms with Crippen molar-refractivity contribution >= 4 is 76.4 Å². The van der Waals surface area contributed by atoms with E-state index in [0.29, 0.717) is 12.4 Å². The van der Waals surface area contributed by atoms with Gasteiger partial charge in [-0.25, -0.2) is 4.79 Å². The van der Waals surface area contributed by atoms with Gasteiger partial charge in [0.05, 0.1) is 53.9 Å². The molecule has 38 heteroatoms. The van der Waals surface area contributed by atoms with Gasteiger partial charge in [0.2, 0.25) is 59.3 Å². The van der Waals surface area contributed by atoms with E-state index < -0.39 is 248 Å². The van der Waals surface area contributed by atoms with Gasteiger partial charge in [-0.05, 0) is 127 Å². The number of amides is 8. The molecule has 8 amide bonds. The zero-order valence-corrected chi connectivity index (χ0v) is 67.3. The Labute approximate surface area is 697 Å². The molecule has 3 unspecified atom stereocenters. The largest absolute Gasteiger partial charge is 0.508 e. The molecule has 7 aliphatic heterocycles. The Morgan fingerprint density at radius 3 is 1.94 bits per heavy atom. The number of nitrogens with one attached hydrogen (secondary N) is 8. The number of hydrogen-bond acceptors (Lipinski definition) is 27. The summed E-state index contributed by atoms with van der Waals surface area (Å²) in [7, 11) is 0. The maximum absolute atomic E-state index is 16.2. The number of hydrogen-bond donors (Lipinski definition) is 20. The van der Waals surface area contributed by atoms with Gasteiger partial charge in [-0.15, -0.1) is 0 Å². The van der Waals surface area contributed by atoms with Crippen LogP contribution in [0.25, 0.3) is 11.1 Å². The van der Waals surface area contributed by atoms with Crippen molar-refractivity contribution in [2.24, 2.45) is 17.4 Å². The van der Waals surface area contributed by atoms with E-state index in [0.717, 1.165) is 104 Å². The number of carbonyl (C=O) groups is 9. The fraction of sp³-hybridized carbons (Fsp3) is 0.451. The molecular formula is C82H98Cl2N10O26. The van der Waals surface area contributed by atoms with Gasteiger partial charge in [-0.3, -0.25) is 38.4 Å². The highest BCUT2D eigenvalue weighted by Crippen LogP contribution is 2.50. The average Bonchev–Trinajstić information content (AvgIpc) is 0.763. The lowest BCUT2D eigenvalue weighted by molar-refractivity contribution is -0.334. The first kappa shape index (κ1) is 90.1. The summed E-state index contributed by atoms with van der Waals surface area (Å²) in [5.41, 5.74) is 8.30. The molecule has 120 heavy (non-hydrogen) atoms. The molecular weight excluding hydrogens is 1610 g/mol. The third-order valence-electron chi connectivity index (χ3n) is 21.2. The molecule has 18 atom stereocenters. The van der Waals surface area contributed by atoms with Crippen LogP contribution in [0.3, 0.4) is 0 Å². The predicted molar refractivity (Wildman–Crippen MR) is 425 cm³/mol. The summed E-state index contributed by atoms with van der Waals surface area (Å²) >= 11 is 14.2. The van der Waals surface area contributed by atoms with Gasteiger partial charge in [-0.2, -0.15) is 0 Å². The van der Waals surface area contributed by atoms with Crippen LogP contribution in [0.1, 0.15) is 156 Å². The Morgan fingerprint density at radius 1 is 0.683 bits per heavy atom. The number of carboxylic acids is 1. The SMILES string of the molecule is CCCCCCCCOc1ccc(CNCC(=O)N[C@@]2(C)C[C@H](OC3C(Oc4c5cc6cc4Oc4ccc(cc4Cl)[C@@H](O)[C@@H](NC(=O)[C@@H](N)CC(C)C)C(=O)N[C@@H](CC(N)=O)C(=O)N[C@H]6C(=O)N[C@H]4C(=O)NC(C(=O)N[C@H](C(=O)O)c6cc(O)cc(O)c6-c6cc4ccc6O)[C@H](O)c4ccc(c(Cl)c4)O5)O[C@H](CO)[C@@H](O)[C@@H]3O)O[C@@H](C)[C@H]2O)cc1. The Kier molecular flexibility index (Phi) is 29.4. The molecule has 646 valence electrons. The number of rotatable bonds is 25. The first-order chi connectivity index (χ1) is 57.0. The van der Waals surface area contributed by atoms with Gasteiger partial charge in [0, 0.05) is 35.7 Å². The van der Waals surface area contributed by atoms with Crippen LogP contribution >= 0.6 is 23.2 Å². The van der Waals surface area contributed by atoms with Crippen molar-refractivity contribution in [3.05, 3.63) is 147 Å². The highest BCUT2D eigenvalue weighted by atomic mass is 35.5. The quantitative estimate of drug-likeness (QED) is 0.0364. The molecule has 6 aromatic carbocycles. The van der Waals surface area contributed by atoms with Gasteiger partial charge in [0.15, 0.2) is 29.9 Å². The fourth-order valence-corrected chi connectivity index (χ4v) is 15.3. The molecule has 0 spiro atoms. The summed E-state index contributed by atoms with van der Waals surface area (Å²) < 4.78 is 45.1. The van der Waals surface area contributed by atoms with Crippen LogP contribution in [0.2, 0.25) is 10.0 Å². The lowest BCUT2D eigenvalue weighted by Gasteiger charge is -2.48. The number of phenolic OH excluding ortho intramolecular Hbond substituents is 3. The number of primary amides is 1. The average molecular weight is 1710 g/mol. The number of halogens is 2. The summed E-state index contributed by atoms with van der Waals surface area (Å²) in [6.45, 7) is 8.24. The summed E-state index contributed by atoms with van der Waals surface area (Å²) in [6.07, 6.45) is -13.2. The molecule has 7 heterocycles. The second-order valence-corrected chi connectivity index (χ2v) is 31.6. The number of aliphatic hydroxyl groups excluding tert-OH is 6. The number of carboxylic acid groups (broad SMARTS) is 1. The summed E-state index contributed by atoms with van der Waals surface area (Å²) in [5.74, 6) is -16.5. The molecule has 0 saturated carbocycles. The number of aliphatic carboxylic acids is 1. The zero-order chi connectivity index (χ0) is 86.9. The number of nitrogens with two attached hydrogens (primary N) is 2. The van der Waals surface area contributed by atoms with Crippen LogP contribution in [0.5, 0.6) is 51.7 Å². The van der Waals surface area contributed by atoms with Crippen LogP contribution in [0.15, 0.2) is 103 Å². The molecule has 6 aromatic rings. The third-order valence-corrected chi connectivity index (χ3v) is 21.7. The van der Waals surface area contributed by atoms with Gasteiger partial charge in [-0.1, -0.05) is 106 Å². The minimum absolute atomic E-state index is 0.0594. The minimum Gasteiger partial charge on any atom is -0.508 e. The van der Waals surface area contributed by atoms with Crippen molar-refractivity contribution in [3.63, 3.8) is 0 Å². The van der Waals surface area contributed by atoms with Crippen LogP contribution in [0.4, 0.5) is 0 Å². The molecule has 22 N–H and O–H groups in total. The summed E-state index contributed by atoms with van der Waals surface area (Å²) in [5, 5.41) is 136. The van der Waals surface area contributed by atoms with Crippen LogP contribution in [0, 0.1) is 5.92 Å². The number of phenols is 3. The van der Waals surface area contributed by atoms with Gasteiger partial charge in [0.1, 0.15) is 101 Å². The van der Waals surface area contributed by atoms with E-state index in [1.165, 1.54) is 32.8 Å². The molecule has 2 saturated heterocycles. The van der Waals surface area contributed by atoms with Crippen molar-refractivity contribution in [1.29, 1.82) is 0 Å². The number of unbranched alkanes of at least 4 members (excludes halogenated alkanes) is 5. The highest BCUT2D eigenvalue weighted by Gasteiger charge is 2.53. The Balaban J connectivity index is 1.04. The predicted octanol–water partition coefficient (Wildman–Crippen LogP) is 3.53. The summed E-state index contributed by atoms with van der Waals surface area (Å²) in [4.78, 5) is 131. The van der Waals surface area contributed by atoms with Crippen molar-refractivity contribution in [2.75, 3.05) is 19.8 Å². The maximum atomic E-state index is 16.2. The lowest BCUT2D eigenvalue weighted by atomic mass is 9.85.